The second-order valence-corrected chi connectivity index (χ2v) is 7.93. The van der Waals surface area contributed by atoms with E-state index in [0.717, 1.165) is 30.0 Å². The summed E-state index contributed by atoms with van der Waals surface area (Å²) in [5, 5.41) is 6.50. The van der Waals surface area contributed by atoms with Crippen molar-refractivity contribution in [1.29, 1.82) is 0 Å². The Morgan fingerprint density at radius 1 is 1.03 bits per heavy atom. The maximum atomic E-state index is 12.7. The van der Waals surface area contributed by atoms with Gasteiger partial charge in [0.1, 0.15) is 5.75 Å². The molecule has 0 spiro atoms. The summed E-state index contributed by atoms with van der Waals surface area (Å²) in [4.78, 5) is 26.9. The van der Waals surface area contributed by atoms with Crippen molar-refractivity contribution in [2.45, 2.75) is 26.7 Å². The number of rotatable bonds is 6. The fraction of sp³-hybridized carbons (Fsp3) is 0.391. The Morgan fingerprint density at radius 2 is 1.60 bits per heavy atom. The molecule has 0 aliphatic carbocycles. The van der Waals surface area contributed by atoms with Crippen LogP contribution < -0.4 is 15.4 Å². The molecule has 1 aliphatic heterocycles. The molecule has 0 aromatic heterocycles. The van der Waals surface area contributed by atoms with Gasteiger partial charge in [0.05, 0.1) is 6.61 Å². The van der Waals surface area contributed by atoms with Gasteiger partial charge in [0, 0.05) is 35.4 Å². The molecule has 1 unspecified atom stereocenters. The van der Waals surface area contributed by atoms with E-state index >= 15 is 0 Å². The van der Waals surface area contributed by atoms with Crippen molar-refractivity contribution in [1.82, 2.24) is 4.90 Å². The lowest BCUT2D eigenvalue weighted by atomic mass is 9.85. The predicted octanol–water partition coefficient (Wildman–Crippen LogP) is 5.26. The maximum absolute atomic E-state index is 12.7. The number of amides is 3. The summed E-state index contributed by atoms with van der Waals surface area (Å²) in [6.45, 7) is 5.76. The molecule has 2 aromatic rings. The number of anilines is 2. The molecule has 7 heteroatoms. The van der Waals surface area contributed by atoms with Crippen LogP contribution in [-0.2, 0) is 4.79 Å². The first-order valence-corrected chi connectivity index (χ1v) is 10.7. The molecule has 1 atom stereocenters. The zero-order valence-corrected chi connectivity index (χ0v) is 18.1. The molecule has 160 valence electrons. The summed E-state index contributed by atoms with van der Waals surface area (Å²) in [5.74, 6) is 0.904. The molecule has 2 N–H and O–H groups in total. The van der Waals surface area contributed by atoms with Gasteiger partial charge in [-0.3, -0.25) is 4.79 Å². The molecule has 1 aliphatic rings. The maximum Gasteiger partial charge on any atom is 0.321 e. The molecule has 6 nitrogen and oxygen atoms in total. The van der Waals surface area contributed by atoms with Gasteiger partial charge in [0.25, 0.3) is 0 Å². The van der Waals surface area contributed by atoms with Crippen LogP contribution in [0.15, 0.2) is 48.5 Å². The lowest BCUT2D eigenvalue weighted by Crippen LogP contribution is -2.43. The first-order chi connectivity index (χ1) is 14.5. The molecule has 3 rings (SSSR count). The Balaban J connectivity index is 1.46. The van der Waals surface area contributed by atoms with Crippen molar-refractivity contribution >= 4 is 34.9 Å². The SMILES string of the molecule is CCOc1ccc(NC(=O)C(C)C2CCN(C(=O)Nc3ccc(Cl)cc3)CC2)cc1. The van der Waals surface area contributed by atoms with Crippen LogP contribution >= 0.6 is 11.6 Å². The minimum Gasteiger partial charge on any atom is -0.494 e. The van der Waals surface area contributed by atoms with E-state index in [1.54, 1.807) is 29.2 Å². The average Bonchev–Trinajstić information content (AvgIpc) is 2.76. The number of likely N-dealkylation sites (tertiary alicyclic amines) is 1. The third-order valence-electron chi connectivity index (χ3n) is 5.48. The number of piperidine rings is 1. The second kappa shape index (κ2) is 10.3. The number of carbonyl (C=O) groups is 2. The molecule has 1 fully saturated rings. The molecule has 0 radical (unpaired) electrons. The number of nitrogens with zero attached hydrogens (tertiary/aromatic N) is 1. The van der Waals surface area contributed by atoms with Crippen LogP contribution in [0.5, 0.6) is 5.75 Å². The van der Waals surface area contributed by atoms with Crippen LogP contribution in [0.25, 0.3) is 0 Å². The van der Waals surface area contributed by atoms with Gasteiger partial charge in [-0.15, -0.1) is 0 Å². The van der Waals surface area contributed by atoms with Crippen LogP contribution in [-0.4, -0.2) is 36.5 Å². The minimum absolute atomic E-state index is 0.00299. The number of hydrogen-bond acceptors (Lipinski definition) is 3. The van der Waals surface area contributed by atoms with Crippen molar-refractivity contribution in [2.75, 3.05) is 30.3 Å². The lowest BCUT2D eigenvalue weighted by molar-refractivity contribution is -0.121. The van der Waals surface area contributed by atoms with Gasteiger partial charge in [-0.25, -0.2) is 4.79 Å². The van der Waals surface area contributed by atoms with Crippen molar-refractivity contribution in [3.63, 3.8) is 0 Å². The zero-order valence-electron chi connectivity index (χ0n) is 17.4. The van der Waals surface area contributed by atoms with E-state index in [1.165, 1.54) is 0 Å². The highest BCUT2D eigenvalue weighted by Crippen LogP contribution is 2.27. The highest BCUT2D eigenvalue weighted by molar-refractivity contribution is 6.30. The van der Waals surface area contributed by atoms with Crippen LogP contribution in [0.2, 0.25) is 5.02 Å². The van der Waals surface area contributed by atoms with E-state index in [4.69, 9.17) is 16.3 Å². The minimum atomic E-state index is -0.127. The number of hydrogen-bond donors (Lipinski definition) is 2. The van der Waals surface area contributed by atoms with E-state index in [0.29, 0.717) is 24.7 Å². The normalized spacial score (nSPS) is 15.4. The van der Waals surface area contributed by atoms with Gasteiger partial charge in [-0.2, -0.15) is 0 Å². The van der Waals surface area contributed by atoms with E-state index in [9.17, 15) is 9.59 Å². The Labute approximate surface area is 182 Å². The van der Waals surface area contributed by atoms with Crippen LogP contribution in [0.1, 0.15) is 26.7 Å². The number of carbonyl (C=O) groups excluding carboxylic acids is 2. The molecular formula is C23H28ClN3O3. The summed E-state index contributed by atoms with van der Waals surface area (Å²) in [6, 6.07) is 14.3. The van der Waals surface area contributed by atoms with Crippen molar-refractivity contribution in [2.24, 2.45) is 11.8 Å². The molecule has 0 bridgehead atoms. The fourth-order valence-corrected chi connectivity index (χ4v) is 3.74. The smallest absolute Gasteiger partial charge is 0.321 e. The van der Waals surface area contributed by atoms with E-state index in [2.05, 4.69) is 10.6 Å². The summed E-state index contributed by atoms with van der Waals surface area (Å²) in [7, 11) is 0. The Morgan fingerprint density at radius 3 is 2.20 bits per heavy atom. The number of ether oxygens (including phenoxy) is 1. The molecule has 1 heterocycles. The number of benzene rings is 2. The van der Waals surface area contributed by atoms with Crippen LogP contribution in [0.4, 0.5) is 16.2 Å². The second-order valence-electron chi connectivity index (χ2n) is 7.50. The van der Waals surface area contributed by atoms with Gasteiger partial charge in [0.15, 0.2) is 0 Å². The Hall–Kier alpha value is -2.73. The summed E-state index contributed by atoms with van der Waals surface area (Å²) in [6.07, 6.45) is 1.60. The molecule has 30 heavy (non-hydrogen) atoms. The van der Waals surface area contributed by atoms with Crippen LogP contribution in [0.3, 0.4) is 0 Å². The first kappa shape index (κ1) is 22.0. The standard InChI is InChI=1S/C23H28ClN3O3/c1-3-30-21-10-8-19(9-11-21)25-22(28)16(2)17-12-14-27(15-13-17)23(29)26-20-6-4-18(24)5-7-20/h4-11,16-17H,3,12-15H2,1-2H3,(H,25,28)(H,26,29). The lowest BCUT2D eigenvalue weighted by Gasteiger charge is -2.34. The number of urea groups is 1. The quantitative estimate of drug-likeness (QED) is 0.658. The third-order valence-corrected chi connectivity index (χ3v) is 5.73. The van der Waals surface area contributed by atoms with E-state index in [1.807, 2.05) is 38.1 Å². The van der Waals surface area contributed by atoms with Gasteiger partial charge in [0.2, 0.25) is 5.91 Å². The average molecular weight is 430 g/mol. The van der Waals surface area contributed by atoms with E-state index in [-0.39, 0.29) is 23.8 Å². The van der Waals surface area contributed by atoms with Gasteiger partial charge in [-0.1, -0.05) is 18.5 Å². The van der Waals surface area contributed by atoms with Crippen molar-refractivity contribution in [3.05, 3.63) is 53.6 Å². The Kier molecular flexibility index (Phi) is 7.57. The highest BCUT2D eigenvalue weighted by Gasteiger charge is 2.30. The van der Waals surface area contributed by atoms with Gasteiger partial charge < -0.3 is 20.3 Å². The topological polar surface area (TPSA) is 70.7 Å². The first-order valence-electron chi connectivity index (χ1n) is 10.3. The van der Waals surface area contributed by atoms with Crippen LogP contribution in [0, 0.1) is 11.8 Å². The zero-order chi connectivity index (χ0) is 21.5. The summed E-state index contributed by atoms with van der Waals surface area (Å²) in [5.41, 5.74) is 1.48. The number of halogens is 1. The molecular weight excluding hydrogens is 402 g/mol. The summed E-state index contributed by atoms with van der Waals surface area (Å²) >= 11 is 5.88. The number of nitrogens with one attached hydrogen (secondary N) is 2. The fourth-order valence-electron chi connectivity index (χ4n) is 3.61. The summed E-state index contributed by atoms with van der Waals surface area (Å²) < 4.78 is 5.42. The highest BCUT2D eigenvalue weighted by atomic mass is 35.5. The molecule has 1 saturated heterocycles. The molecule has 3 amide bonds. The molecule has 0 saturated carbocycles. The monoisotopic (exact) mass is 429 g/mol. The van der Waals surface area contributed by atoms with Crippen molar-refractivity contribution in [3.8, 4) is 5.75 Å². The molecule has 2 aromatic carbocycles. The van der Waals surface area contributed by atoms with Gasteiger partial charge >= 0.3 is 6.03 Å². The van der Waals surface area contributed by atoms with E-state index < -0.39 is 0 Å². The predicted molar refractivity (Wildman–Crippen MR) is 120 cm³/mol. The third kappa shape index (κ3) is 5.89. The largest absolute Gasteiger partial charge is 0.494 e. The van der Waals surface area contributed by atoms with Gasteiger partial charge in [-0.05, 0) is 74.2 Å². The Bertz CT molecular complexity index is 847. The van der Waals surface area contributed by atoms with Crippen molar-refractivity contribution < 1.29 is 14.3 Å².